The maximum Gasteiger partial charge on any atom is 0.189 e. The van der Waals surface area contributed by atoms with Gasteiger partial charge in [0, 0.05) is 13.0 Å². The van der Waals surface area contributed by atoms with Crippen LogP contribution in [-0.2, 0) is 14.2 Å². The summed E-state index contributed by atoms with van der Waals surface area (Å²) in [7, 11) is 1.60. The molecule has 0 N–H and O–H groups in total. The van der Waals surface area contributed by atoms with Crippen LogP contribution in [0.15, 0.2) is 48.5 Å². The van der Waals surface area contributed by atoms with Gasteiger partial charge in [-0.15, -0.1) is 0 Å². The minimum atomic E-state index is 0.251. The molecule has 0 amide bonds. The lowest BCUT2D eigenvalue weighted by molar-refractivity contribution is -0.0925. The van der Waals surface area contributed by atoms with E-state index in [4.69, 9.17) is 23.7 Å². The maximum absolute atomic E-state index is 5.58. The summed E-state index contributed by atoms with van der Waals surface area (Å²) in [4.78, 5) is 0. The van der Waals surface area contributed by atoms with Crippen LogP contribution in [-0.4, -0.2) is 40.5 Å². The van der Waals surface area contributed by atoms with Gasteiger partial charge in [-0.05, 0) is 35.4 Å². The first-order valence-electron chi connectivity index (χ1n) is 7.95. The van der Waals surface area contributed by atoms with Crippen LogP contribution < -0.4 is 9.47 Å². The van der Waals surface area contributed by atoms with E-state index in [2.05, 4.69) is 0 Å². The molecule has 0 radical (unpaired) electrons. The molecule has 2 aromatic rings. The lowest BCUT2D eigenvalue weighted by atomic mass is 10.1. The average molecular weight is 330 g/mol. The first-order valence-corrected chi connectivity index (χ1v) is 7.95. The third-order valence-electron chi connectivity index (χ3n) is 3.75. The van der Waals surface area contributed by atoms with Crippen LogP contribution in [0.3, 0.4) is 0 Å². The monoisotopic (exact) mass is 330 g/mol. The highest BCUT2D eigenvalue weighted by molar-refractivity contribution is 5.64. The highest BCUT2D eigenvalue weighted by atomic mass is 16.7. The Morgan fingerprint density at radius 2 is 1.38 bits per heavy atom. The van der Waals surface area contributed by atoms with Gasteiger partial charge < -0.3 is 23.7 Å². The third kappa shape index (κ3) is 4.71. The zero-order chi connectivity index (χ0) is 16.6. The summed E-state index contributed by atoms with van der Waals surface area (Å²) >= 11 is 0. The molecule has 1 aliphatic heterocycles. The van der Waals surface area contributed by atoms with Crippen molar-refractivity contribution >= 4 is 0 Å². The van der Waals surface area contributed by atoms with Crippen LogP contribution in [0.4, 0.5) is 0 Å². The topological polar surface area (TPSA) is 46.2 Å². The van der Waals surface area contributed by atoms with Crippen molar-refractivity contribution < 1.29 is 23.7 Å². The van der Waals surface area contributed by atoms with Crippen molar-refractivity contribution in [2.75, 3.05) is 40.5 Å². The molecule has 1 saturated heterocycles. The number of hydrogen-bond acceptors (Lipinski definition) is 5. The molecule has 128 valence electrons. The van der Waals surface area contributed by atoms with Crippen molar-refractivity contribution in [2.24, 2.45) is 5.92 Å². The number of rotatable bonds is 9. The van der Waals surface area contributed by atoms with Gasteiger partial charge in [0.15, 0.2) is 13.6 Å². The van der Waals surface area contributed by atoms with Gasteiger partial charge in [0.05, 0.1) is 19.8 Å². The van der Waals surface area contributed by atoms with E-state index in [-0.39, 0.29) is 13.6 Å². The van der Waals surface area contributed by atoms with Gasteiger partial charge in [0.1, 0.15) is 11.5 Å². The Morgan fingerprint density at radius 1 is 0.833 bits per heavy atom. The van der Waals surface area contributed by atoms with Crippen molar-refractivity contribution in [2.45, 2.75) is 0 Å². The molecule has 0 atom stereocenters. The van der Waals surface area contributed by atoms with E-state index in [1.807, 2.05) is 48.5 Å². The first kappa shape index (κ1) is 16.8. The second-order valence-electron chi connectivity index (χ2n) is 5.64. The number of hydrogen-bond donors (Lipinski definition) is 0. The van der Waals surface area contributed by atoms with Gasteiger partial charge in [-0.3, -0.25) is 0 Å². The summed E-state index contributed by atoms with van der Waals surface area (Å²) in [6.45, 7) is 2.80. The molecule has 5 heteroatoms. The fourth-order valence-electron chi connectivity index (χ4n) is 2.32. The second kappa shape index (κ2) is 8.68. The Bertz CT molecular complexity index is 605. The van der Waals surface area contributed by atoms with Gasteiger partial charge in [-0.2, -0.15) is 0 Å². The zero-order valence-corrected chi connectivity index (χ0v) is 13.8. The maximum atomic E-state index is 5.58. The SMILES string of the molecule is COCOc1ccc(-c2ccc(OCOCC3COC3)cc2)cc1. The molecule has 0 aromatic heterocycles. The quantitative estimate of drug-likeness (QED) is 0.521. The van der Waals surface area contributed by atoms with E-state index < -0.39 is 0 Å². The Morgan fingerprint density at radius 3 is 1.83 bits per heavy atom. The molecule has 0 saturated carbocycles. The minimum absolute atomic E-state index is 0.251. The van der Waals surface area contributed by atoms with E-state index >= 15 is 0 Å². The fourth-order valence-corrected chi connectivity index (χ4v) is 2.32. The predicted octanol–water partition coefficient (Wildman–Crippen LogP) is 3.34. The number of ether oxygens (including phenoxy) is 5. The summed E-state index contributed by atoms with van der Waals surface area (Å²) < 4.78 is 26.4. The molecule has 1 heterocycles. The van der Waals surface area contributed by atoms with Crippen LogP contribution >= 0.6 is 0 Å². The van der Waals surface area contributed by atoms with E-state index in [1.54, 1.807) is 7.11 Å². The summed E-state index contributed by atoms with van der Waals surface area (Å²) in [5.41, 5.74) is 2.24. The van der Waals surface area contributed by atoms with Gasteiger partial charge in [-0.1, -0.05) is 24.3 Å². The highest BCUT2D eigenvalue weighted by Crippen LogP contribution is 2.24. The van der Waals surface area contributed by atoms with Crippen LogP contribution in [0.1, 0.15) is 0 Å². The van der Waals surface area contributed by atoms with Gasteiger partial charge in [-0.25, -0.2) is 0 Å². The molecule has 2 aromatic carbocycles. The summed E-state index contributed by atoms with van der Waals surface area (Å²) in [5.74, 6) is 2.10. The lowest BCUT2D eigenvalue weighted by Gasteiger charge is -2.25. The molecule has 24 heavy (non-hydrogen) atoms. The van der Waals surface area contributed by atoms with Crippen molar-refractivity contribution in [3.8, 4) is 22.6 Å². The number of benzene rings is 2. The van der Waals surface area contributed by atoms with Crippen molar-refractivity contribution in [3.05, 3.63) is 48.5 Å². The van der Waals surface area contributed by atoms with E-state index in [1.165, 1.54) is 0 Å². The molecule has 3 rings (SSSR count). The summed E-state index contributed by atoms with van der Waals surface area (Å²) in [6.07, 6.45) is 0. The molecule has 0 aliphatic carbocycles. The Labute approximate surface area is 142 Å². The summed E-state index contributed by atoms with van der Waals surface area (Å²) in [6, 6.07) is 15.8. The van der Waals surface area contributed by atoms with Crippen molar-refractivity contribution in [1.82, 2.24) is 0 Å². The Hall–Kier alpha value is -2.08. The molecule has 1 fully saturated rings. The Kier molecular flexibility index (Phi) is 6.07. The third-order valence-corrected chi connectivity index (χ3v) is 3.75. The zero-order valence-electron chi connectivity index (χ0n) is 13.8. The molecule has 0 bridgehead atoms. The molecule has 5 nitrogen and oxygen atoms in total. The summed E-state index contributed by atoms with van der Waals surface area (Å²) in [5, 5.41) is 0. The van der Waals surface area contributed by atoms with Crippen LogP contribution in [0.25, 0.3) is 11.1 Å². The number of methoxy groups -OCH3 is 1. The molecular weight excluding hydrogens is 308 g/mol. The van der Waals surface area contributed by atoms with E-state index in [0.29, 0.717) is 12.5 Å². The highest BCUT2D eigenvalue weighted by Gasteiger charge is 2.18. The van der Waals surface area contributed by atoms with Crippen LogP contribution in [0.5, 0.6) is 11.5 Å². The minimum Gasteiger partial charge on any atom is -0.468 e. The van der Waals surface area contributed by atoms with Gasteiger partial charge in [0.2, 0.25) is 0 Å². The van der Waals surface area contributed by atoms with Gasteiger partial charge in [0.25, 0.3) is 0 Å². The predicted molar refractivity (Wildman–Crippen MR) is 90.1 cm³/mol. The van der Waals surface area contributed by atoms with E-state index in [0.717, 1.165) is 35.8 Å². The lowest BCUT2D eigenvalue weighted by Crippen LogP contribution is -2.32. The molecular formula is C19H22O5. The van der Waals surface area contributed by atoms with E-state index in [9.17, 15) is 0 Å². The standard InChI is InChI=1S/C19H22O5/c1-20-13-23-18-6-2-16(3-7-18)17-4-8-19(9-5-17)24-14-22-12-15-10-21-11-15/h2-9,15H,10-14H2,1H3. The van der Waals surface area contributed by atoms with Crippen LogP contribution in [0, 0.1) is 5.92 Å². The molecule has 0 unspecified atom stereocenters. The smallest absolute Gasteiger partial charge is 0.189 e. The largest absolute Gasteiger partial charge is 0.468 e. The second-order valence-corrected chi connectivity index (χ2v) is 5.64. The normalized spacial score (nSPS) is 14.2. The first-order chi connectivity index (χ1) is 11.8. The fraction of sp³-hybridized carbons (Fsp3) is 0.368. The van der Waals surface area contributed by atoms with Crippen molar-refractivity contribution in [3.63, 3.8) is 0 Å². The Balaban J connectivity index is 1.48. The molecule has 0 spiro atoms. The van der Waals surface area contributed by atoms with Crippen molar-refractivity contribution in [1.29, 1.82) is 0 Å². The molecule has 1 aliphatic rings. The average Bonchev–Trinajstić information content (AvgIpc) is 2.59. The van der Waals surface area contributed by atoms with Crippen LogP contribution in [0.2, 0.25) is 0 Å². The van der Waals surface area contributed by atoms with Gasteiger partial charge >= 0.3 is 0 Å².